The van der Waals surface area contributed by atoms with Gasteiger partial charge in [0.2, 0.25) is 5.91 Å². The van der Waals surface area contributed by atoms with Crippen LogP contribution in [0.1, 0.15) is 20.8 Å². The molecule has 0 saturated carbocycles. The Kier molecular flexibility index (Phi) is 5.15. The molecule has 1 saturated heterocycles. The predicted octanol–water partition coefficient (Wildman–Crippen LogP) is 1.03. The summed E-state index contributed by atoms with van der Waals surface area (Å²) in [4.78, 5) is 14.1. The molecule has 98 valence electrons. The predicted molar refractivity (Wildman–Crippen MR) is 68.8 cm³/mol. The SMILES string of the molecule is C=C(C(=O)NCC)C(C(C)C)N(C)C1COC1. The van der Waals surface area contributed by atoms with E-state index in [9.17, 15) is 4.79 Å². The van der Waals surface area contributed by atoms with E-state index in [2.05, 4.69) is 30.6 Å². The van der Waals surface area contributed by atoms with Crippen molar-refractivity contribution < 1.29 is 9.53 Å². The van der Waals surface area contributed by atoms with Crippen molar-refractivity contribution in [2.24, 2.45) is 5.92 Å². The third kappa shape index (κ3) is 3.30. The number of likely N-dealkylation sites (N-methyl/N-ethyl adjacent to an activating group) is 2. The highest BCUT2D eigenvalue weighted by Crippen LogP contribution is 2.22. The van der Waals surface area contributed by atoms with Crippen LogP contribution in [-0.2, 0) is 9.53 Å². The van der Waals surface area contributed by atoms with Crippen LogP contribution in [0.5, 0.6) is 0 Å². The number of nitrogens with one attached hydrogen (secondary N) is 1. The molecule has 1 heterocycles. The molecular formula is C13H24N2O2. The van der Waals surface area contributed by atoms with Crippen molar-refractivity contribution in [3.63, 3.8) is 0 Å². The Morgan fingerprint density at radius 1 is 1.53 bits per heavy atom. The summed E-state index contributed by atoms with van der Waals surface area (Å²) in [6.07, 6.45) is 0. The van der Waals surface area contributed by atoms with Gasteiger partial charge in [-0.15, -0.1) is 0 Å². The number of amides is 1. The quantitative estimate of drug-likeness (QED) is 0.705. The zero-order valence-corrected chi connectivity index (χ0v) is 11.3. The molecule has 1 atom stereocenters. The zero-order valence-electron chi connectivity index (χ0n) is 11.3. The van der Waals surface area contributed by atoms with E-state index in [1.54, 1.807) is 0 Å². The molecular weight excluding hydrogens is 216 g/mol. The van der Waals surface area contributed by atoms with Gasteiger partial charge in [0.05, 0.1) is 19.3 Å². The Bertz CT molecular complexity index is 285. The Balaban J connectivity index is 2.70. The second kappa shape index (κ2) is 6.17. The highest BCUT2D eigenvalue weighted by molar-refractivity contribution is 5.94. The summed E-state index contributed by atoms with van der Waals surface area (Å²) in [6, 6.07) is 0.490. The second-order valence-electron chi connectivity index (χ2n) is 4.93. The fraction of sp³-hybridized carbons (Fsp3) is 0.769. The van der Waals surface area contributed by atoms with Crippen LogP contribution in [0.4, 0.5) is 0 Å². The molecule has 0 aromatic heterocycles. The molecule has 4 nitrogen and oxygen atoms in total. The molecule has 0 bridgehead atoms. The first-order valence-electron chi connectivity index (χ1n) is 6.25. The summed E-state index contributed by atoms with van der Waals surface area (Å²) in [5, 5.41) is 2.81. The third-order valence-corrected chi connectivity index (χ3v) is 3.25. The lowest BCUT2D eigenvalue weighted by Gasteiger charge is -2.41. The summed E-state index contributed by atoms with van der Waals surface area (Å²) in [6.45, 7) is 12.3. The Morgan fingerprint density at radius 2 is 2.12 bits per heavy atom. The topological polar surface area (TPSA) is 41.6 Å². The fourth-order valence-electron chi connectivity index (χ4n) is 2.21. The van der Waals surface area contributed by atoms with Gasteiger partial charge in [-0.2, -0.15) is 0 Å². The van der Waals surface area contributed by atoms with E-state index in [1.807, 2.05) is 14.0 Å². The smallest absolute Gasteiger partial charge is 0.248 e. The van der Waals surface area contributed by atoms with E-state index >= 15 is 0 Å². The monoisotopic (exact) mass is 240 g/mol. The minimum atomic E-state index is -0.0432. The lowest BCUT2D eigenvalue weighted by Crippen LogP contribution is -2.54. The van der Waals surface area contributed by atoms with E-state index in [4.69, 9.17) is 4.74 Å². The maximum atomic E-state index is 11.9. The number of carbonyl (C=O) groups excluding carboxylic acids is 1. The molecule has 0 aliphatic carbocycles. The van der Waals surface area contributed by atoms with Gasteiger partial charge in [-0.05, 0) is 19.9 Å². The van der Waals surface area contributed by atoms with Gasteiger partial charge < -0.3 is 10.1 Å². The molecule has 1 aliphatic rings. The molecule has 0 aromatic rings. The largest absolute Gasteiger partial charge is 0.378 e. The van der Waals surface area contributed by atoms with Crippen molar-refractivity contribution in [1.82, 2.24) is 10.2 Å². The molecule has 0 spiro atoms. The van der Waals surface area contributed by atoms with E-state index in [0.29, 0.717) is 24.1 Å². The molecule has 1 unspecified atom stereocenters. The van der Waals surface area contributed by atoms with Crippen molar-refractivity contribution in [3.8, 4) is 0 Å². The van der Waals surface area contributed by atoms with Gasteiger partial charge in [-0.25, -0.2) is 0 Å². The van der Waals surface area contributed by atoms with Crippen LogP contribution in [0.3, 0.4) is 0 Å². The van der Waals surface area contributed by atoms with E-state index in [-0.39, 0.29) is 11.9 Å². The number of nitrogens with zero attached hydrogens (tertiary/aromatic N) is 1. The molecule has 4 heteroatoms. The van der Waals surface area contributed by atoms with E-state index in [1.165, 1.54) is 0 Å². The van der Waals surface area contributed by atoms with Gasteiger partial charge in [-0.1, -0.05) is 20.4 Å². The summed E-state index contributed by atoms with van der Waals surface area (Å²) < 4.78 is 5.20. The summed E-state index contributed by atoms with van der Waals surface area (Å²) in [5.74, 6) is 0.314. The van der Waals surface area contributed by atoms with Gasteiger partial charge in [0.25, 0.3) is 0 Å². The fourth-order valence-corrected chi connectivity index (χ4v) is 2.21. The summed E-state index contributed by atoms with van der Waals surface area (Å²) in [7, 11) is 2.04. The van der Waals surface area contributed by atoms with Crippen LogP contribution in [0.25, 0.3) is 0 Å². The van der Waals surface area contributed by atoms with Crippen LogP contribution in [-0.4, -0.2) is 49.7 Å². The highest BCUT2D eigenvalue weighted by atomic mass is 16.5. The molecule has 1 N–H and O–H groups in total. The highest BCUT2D eigenvalue weighted by Gasteiger charge is 2.33. The van der Waals surface area contributed by atoms with Crippen molar-refractivity contribution in [1.29, 1.82) is 0 Å². The lowest BCUT2D eigenvalue weighted by atomic mass is 9.93. The average Bonchev–Trinajstić information content (AvgIpc) is 2.14. The molecule has 1 aliphatic heterocycles. The van der Waals surface area contributed by atoms with E-state index < -0.39 is 0 Å². The normalized spacial score (nSPS) is 18.0. The Hall–Kier alpha value is -0.870. The number of ether oxygens (including phenoxy) is 1. The van der Waals surface area contributed by atoms with Gasteiger partial charge >= 0.3 is 0 Å². The molecule has 1 fully saturated rings. The maximum absolute atomic E-state index is 11.9. The van der Waals surface area contributed by atoms with E-state index in [0.717, 1.165) is 13.2 Å². The first-order valence-corrected chi connectivity index (χ1v) is 6.25. The van der Waals surface area contributed by atoms with Crippen LogP contribution in [0.2, 0.25) is 0 Å². The lowest BCUT2D eigenvalue weighted by molar-refractivity contribution is -0.119. The van der Waals surface area contributed by atoms with Crippen molar-refractivity contribution >= 4 is 5.91 Å². The summed E-state index contributed by atoms with van der Waals surface area (Å²) in [5.41, 5.74) is 0.649. The molecule has 1 amide bonds. The second-order valence-corrected chi connectivity index (χ2v) is 4.93. The number of hydrogen-bond acceptors (Lipinski definition) is 3. The standard InChI is InChI=1S/C13H24N2O2/c1-6-14-13(16)10(4)12(9(2)3)15(5)11-7-17-8-11/h9,11-12H,4,6-8H2,1-3,5H3,(H,14,16). The maximum Gasteiger partial charge on any atom is 0.248 e. The number of rotatable bonds is 6. The zero-order chi connectivity index (χ0) is 13.0. The van der Waals surface area contributed by atoms with Gasteiger partial charge in [0.1, 0.15) is 0 Å². The summed E-state index contributed by atoms with van der Waals surface area (Å²) >= 11 is 0. The third-order valence-electron chi connectivity index (χ3n) is 3.25. The number of carbonyl (C=O) groups is 1. The van der Waals surface area contributed by atoms with Crippen LogP contribution in [0, 0.1) is 5.92 Å². The first kappa shape index (κ1) is 14.2. The van der Waals surface area contributed by atoms with Crippen molar-refractivity contribution in [3.05, 3.63) is 12.2 Å². The van der Waals surface area contributed by atoms with Crippen molar-refractivity contribution in [2.75, 3.05) is 26.8 Å². The molecule has 0 aromatic carbocycles. The van der Waals surface area contributed by atoms with Gasteiger partial charge in [0.15, 0.2) is 0 Å². The minimum Gasteiger partial charge on any atom is -0.378 e. The minimum absolute atomic E-state index is 0.0432. The molecule has 0 radical (unpaired) electrons. The molecule has 1 rings (SSSR count). The van der Waals surface area contributed by atoms with Gasteiger partial charge in [-0.3, -0.25) is 9.69 Å². The van der Waals surface area contributed by atoms with Crippen LogP contribution < -0.4 is 5.32 Å². The van der Waals surface area contributed by atoms with Gasteiger partial charge in [0, 0.05) is 18.2 Å². The Morgan fingerprint density at radius 3 is 2.47 bits per heavy atom. The van der Waals surface area contributed by atoms with Crippen LogP contribution >= 0.6 is 0 Å². The average molecular weight is 240 g/mol. The first-order chi connectivity index (χ1) is 7.99. The Labute approximate surface area is 104 Å². The number of hydrogen-bond donors (Lipinski definition) is 1. The van der Waals surface area contributed by atoms with Crippen molar-refractivity contribution in [2.45, 2.75) is 32.9 Å². The van der Waals surface area contributed by atoms with Crippen LogP contribution in [0.15, 0.2) is 12.2 Å². The molecule has 17 heavy (non-hydrogen) atoms.